The van der Waals surface area contributed by atoms with E-state index >= 15 is 0 Å². The number of aliphatic hydroxyl groups excluding tert-OH is 1. The number of aromatic nitrogens is 3. The highest BCUT2D eigenvalue weighted by atomic mass is 16.6. The Kier molecular flexibility index (Phi) is 8.87. The summed E-state index contributed by atoms with van der Waals surface area (Å²) in [6, 6.07) is 17.3. The average molecular weight is 563 g/mol. The van der Waals surface area contributed by atoms with Crippen molar-refractivity contribution in [2.75, 3.05) is 6.61 Å². The van der Waals surface area contributed by atoms with Crippen molar-refractivity contribution in [2.24, 2.45) is 5.41 Å². The lowest BCUT2D eigenvalue weighted by atomic mass is 9.82. The van der Waals surface area contributed by atoms with E-state index in [0.29, 0.717) is 6.42 Å². The van der Waals surface area contributed by atoms with Crippen molar-refractivity contribution in [3.63, 3.8) is 0 Å². The van der Waals surface area contributed by atoms with Crippen molar-refractivity contribution in [1.82, 2.24) is 20.7 Å². The molecule has 4 aromatic rings. The van der Waals surface area contributed by atoms with E-state index in [0.717, 1.165) is 16.7 Å². The summed E-state index contributed by atoms with van der Waals surface area (Å²) in [5, 5.41) is 23.1. The highest BCUT2D eigenvalue weighted by molar-refractivity contribution is 5.92. The first kappa shape index (κ1) is 29.5. The molecular weight excluding hydrogens is 528 g/mol. The number of nitrogens with zero attached hydrogens (tertiary/aromatic N) is 2. The summed E-state index contributed by atoms with van der Waals surface area (Å²) in [5.74, 6) is -1.71. The fourth-order valence-electron chi connectivity index (χ4n) is 4.53. The number of hydrogen-bond acceptors (Lipinski definition) is 9. The first-order chi connectivity index (χ1) is 19.5. The lowest BCUT2D eigenvalue weighted by Gasteiger charge is -2.30. The van der Waals surface area contributed by atoms with Crippen LogP contribution in [0, 0.1) is 5.41 Å². The van der Waals surface area contributed by atoms with E-state index in [1.807, 2.05) is 75.4 Å². The summed E-state index contributed by atoms with van der Waals surface area (Å²) >= 11 is 0. The van der Waals surface area contributed by atoms with Crippen molar-refractivity contribution >= 4 is 11.9 Å². The predicted molar refractivity (Wildman–Crippen MR) is 149 cm³/mol. The van der Waals surface area contributed by atoms with Gasteiger partial charge in [0.1, 0.15) is 0 Å². The zero-order chi connectivity index (χ0) is 29.6. The van der Waals surface area contributed by atoms with Gasteiger partial charge in [0.15, 0.2) is 23.8 Å². The van der Waals surface area contributed by atoms with E-state index in [1.165, 1.54) is 6.20 Å². The van der Waals surface area contributed by atoms with E-state index in [2.05, 4.69) is 20.7 Å². The van der Waals surface area contributed by atoms with Crippen LogP contribution in [-0.2, 0) is 28.0 Å². The number of hydrogen-bond donors (Lipinski definition) is 3. The molecule has 2 atom stereocenters. The molecule has 11 heteroatoms. The number of esters is 1. The molecule has 2 aromatic carbocycles. The minimum atomic E-state index is -1.39. The smallest absolute Gasteiger partial charge is 0.457 e. The van der Waals surface area contributed by atoms with Gasteiger partial charge in [0.2, 0.25) is 0 Å². The SMILES string of the molecule is CC(C)(C)c1oc(=O)oc1COC(=O)[C@](C)(CO)C[C@@H](Cc1ccc(-c2ccccc2)cc1)NC(=O)c1cn[nH]n1. The molecule has 0 saturated carbocycles. The van der Waals surface area contributed by atoms with Gasteiger partial charge < -0.3 is 24.0 Å². The zero-order valence-electron chi connectivity index (χ0n) is 23.5. The third-order valence-electron chi connectivity index (χ3n) is 6.73. The molecule has 4 rings (SSSR count). The molecule has 0 radical (unpaired) electrons. The van der Waals surface area contributed by atoms with Crippen molar-refractivity contribution in [3.05, 3.63) is 94.2 Å². The summed E-state index contributed by atoms with van der Waals surface area (Å²) in [6.07, 6.45) is 1.71. The van der Waals surface area contributed by atoms with Gasteiger partial charge in [-0.05, 0) is 36.5 Å². The molecule has 216 valence electrons. The quantitative estimate of drug-likeness (QED) is 0.231. The molecule has 11 nitrogen and oxygen atoms in total. The number of carbonyl (C=O) groups is 2. The maximum Gasteiger partial charge on any atom is 0.519 e. The number of benzene rings is 2. The van der Waals surface area contributed by atoms with Gasteiger partial charge in [-0.15, -0.1) is 0 Å². The van der Waals surface area contributed by atoms with Crippen LogP contribution in [0.3, 0.4) is 0 Å². The molecule has 2 aromatic heterocycles. The molecule has 2 heterocycles. The van der Waals surface area contributed by atoms with Crippen LogP contribution in [-0.4, -0.2) is 45.0 Å². The minimum Gasteiger partial charge on any atom is -0.457 e. The Balaban J connectivity index is 1.52. The summed E-state index contributed by atoms with van der Waals surface area (Å²) in [5.41, 5.74) is 1.18. The van der Waals surface area contributed by atoms with Crippen LogP contribution in [0.2, 0.25) is 0 Å². The molecule has 0 bridgehead atoms. The number of aliphatic hydroxyl groups is 1. The minimum absolute atomic E-state index is 0.0494. The normalized spacial score (nSPS) is 13.8. The van der Waals surface area contributed by atoms with Gasteiger partial charge in [-0.25, -0.2) is 4.79 Å². The average Bonchev–Trinajstić information content (AvgIpc) is 3.62. The number of carbonyl (C=O) groups excluding carboxylic acids is 2. The van der Waals surface area contributed by atoms with Crippen LogP contribution in [0.25, 0.3) is 11.1 Å². The first-order valence-corrected chi connectivity index (χ1v) is 13.2. The molecular formula is C30H34N4O7. The molecule has 1 amide bonds. The summed E-state index contributed by atoms with van der Waals surface area (Å²) in [6.45, 7) is 6.16. The van der Waals surface area contributed by atoms with Crippen molar-refractivity contribution < 1.29 is 28.3 Å². The predicted octanol–water partition coefficient (Wildman–Crippen LogP) is 3.79. The number of rotatable bonds is 11. The number of H-pyrrole nitrogens is 1. The van der Waals surface area contributed by atoms with Crippen LogP contribution in [0.5, 0.6) is 0 Å². The molecule has 3 N–H and O–H groups in total. The van der Waals surface area contributed by atoms with Gasteiger partial charge in [-0.3, -0.25) is 9.59 Å². The molecule has 0 fully saturated rings. The van der Waals surface area contributed by atoms with Crippen LogP contribution in [0.1, 0.15) is 61.7 Å². The fourth-order valence-corrected chi connectivity index (χ4v) is 4.53. The van der Waals surface area contributed by atoms with E-state index in [1.54, 1.807) is 6.92 Å². The standard InChI is InChI=1S/C30H34N4O7/c1-29(2,3)25-24(40-28(38)41-25)17-39-27(37)30(4,18-35)15-22(32-26(36)23-16-31-34-33-23)14-19-10-12-21(13-11-19)20-8-6-5-7-9-20/h5-13,16,22,35H,14-15,17-18H2,1-4H3,(H,32,36)(H,31,33,34)/t22-,30+/m1/s1. The van der Waals surface area contributed by atoms with E-state index < -0.39 is 41.2 Å². The molecule has 0 aliphatic heterocycles. The Labute approximate surface area is 236 Å². The summed E-state index contributed by atoms with van der Waals surface area (Å²) < 4.78 is 15.7. The Morgan fingerprint density at radius 2 is 1.71 bits per heavy atom. The largest absolute Gasteiger partial charge is 0.519 e. The van der Waals surface area contributed by atoms with E-state index in [4.69, 9.17) is 13.6 Å². The Hall–Kier alpha value is -4.51. The zero-order valence-corrected chi connectivity index (χ0v) is 23.5. The molecule has 0 unspecified atom stereocenters. The van der Waals surface area contributed by atoms with Gasteiger partial charge in [0, 0.05) is 11.5 Å². The number of amides is 1. The Morgan fingerprint density at radius 1 is 1.02 bits per heavy atom. The van der Waals surface area contributed by atoms with Crippen LogP contribution >= 0.6 is 0 Å². The maximum absolute atomic E-state index is 13.3. The molecule has 41 heavy (non-hydrogen) atoms. The highest BCUT2D eigenvalue weighted by Crippen LogP contribution is 2.30. The van der Waals surface area contributed by atoms with Gasteiger partial charge in [-0.1, -0.05) is 75.4 Å². The highest BCUT2D eigenvalue weighted by Gasteiger charge is 2.38. The van der Waals surface area contributed by atoms with E-state index in [9.17, 15) is 19.5 Å². The van der Waals surface area contributed by atoms with Crippen LogP contribution in [0.4, 0.5) is 0 Å². The monoisotopic (exact) mass is 562 g/mol. The van der Waals surface area contributed by atoms with Gasteiger partial charge in [0.05, 0.1) is 18.2 Å². The third-order valence-corrected chi connectivity index (χ3v) is 6.73. The molecule has 0 saturated heterocycles. The van der Waals surface area contributed by atoms with Crippen molar-refractivity contribution in [2.45, 2.75) is 58.6 Å². The maximum atomic E-state index is 13.3. The molecule has 0 aliphatic rings. The number of ether oxygens (including phenoxy) is 1. The number of aromatic amines is 1. The molecule has 0 aliphatic carbocycles. The second-order valence-electron chi connectivity index (χ2n) is 11.2. The second-order valence-corrected chi connectivity index (χ2v) is 11.2. The van der Waals surface area contributed by atoms with E-state index in [-0.39, 0.29) is 30.2 Å². The summed E-state index contributed by atoms with van der Waals surface area (Å²) in [4.78, 5) is 37.8. The van der Waals surface area contributed by atoms with Crippen molar-refractivity contribution in [1.29, 1.82) is 0 Å². The van der Waals surface area contributed by atoms with Crippen LogP contribution in [0.15, 0.2) is 74.4 Å². The van der Waals surface area contributed by atoms with Gasteiger partial charge in [-0.2, -0.15) is 15.4 Å². The third kappa shape index (κ3) is 7.37. The summed E-state index contributed by atoms with van der Waals surface area (Å²) in [7, 11) is 0. The second kappa shape index (κ2) is 12.3. The first-order valence-electron chi connectivity index (χ1n) is 13.2. The fraction of sp³-hybridized carbons (Fsp3) is 0.367. The van der Waals surface area contributed by atoms with Crippen LogP contribution < -0.4 is 11.1 Å². The van der Waals surface area contributed by atoms with Gasteiger partial charge in [0.25, 0.3) is 5.91 Å². The molecule has 0 spiro atoms. The Morgan fingerprint density at radius 3 is 2.32 bits per heavy atom. The number of nitrogens with one attached hydrogen (secondary N) is 2. The topological polar surface area (TPSA) is 161 Å². The van der Waals surface area contributed by atoms with Crippen molar-refractivity contribution in [3.8, 4) is 11.1 Å². The lowest BCUT2D eigenvalue weighted by molar-refractivity contribution is -0.160. The Bertz CT molecular complexity index is 1500. The van der Waals surface area contributed by atoms with Gasteiger partial charge >= 0.3 is 11.8 Å². The lowest BCUT2D eigenvalue weighted by Crippen LogP contribution is -2.44.